The maximum atomic E-state index is 14.4. The minimum absolute atomic E-state index is 0.0146. The number of rotatable bonds is 30. The Morgan fingerprint density at radius 2 is 1.41 bits per heavy atom. The number of nitrogens with one attached hydrogen (secondary N) is 7. The molecule has 7 amide bonds. The van der Waals surface area contributed by atoms with Crippen molar-refractivity contribution in [1.82, 2.24) is 56.3 Å². The molecule has 0 bridgehead atoms. The highest BCUT2D eigenvalue weighted by Crippen LogP contribution is 2.22. The second kappa shape index (κ2) is 30.9. The molecule has 16 N–H and O–H groups in total. The maximum Gasteiger partial charge on any atom is 0.261 e. The standard InChI is InChI=1S/C54H81N17O9/c1-6-33(4)46(56)51(78)65-41(10-7-8-18-55)53(80)70-22-20-69(21-23-70)36-14-17-39-38(27-36)52(79)71(31-63-39)29-45(73)64-40(11-9-19-61-54(57)58)48(75)68-44(26-35-28-60-30-62-35)50(77)67-43(25-34-12-15-37(72)16-13-34)49(76)66-42(24-32(2)3)47(74)59-5/h12-17,27-28,30-33,40-44,46,72H,6-11,18-26,29,55-56H2,1-5H3,(H,59,74)(H,60,62)(H,64,73)(H,65,78)(H,66,76)(H,67,77)(H,68,75)(H4,57,58,61)/t33-,40-,41-,42-,43-,44-,46-/m0/s1. The molecule has 0 spiro atoms. The van der Waals surface area contributed by atoms with E-state index in [2.05, 4.69) is 51.8 Å². The Kier molecular flexibility index (Phi) is 24.2. The quantitative estimate of drug-likeness (QED) is 0.0165. The van der Waals surface area contributed by atoms with Crippen LogP contribution in [0, 0.1) is 11.8 Å². The van der Waals surface area contributed by atoms with Crippen LogP contribution in [0.25, 0.3) is 10.9 Å². The molecule has 7 atom stereocenters. The number of nitrogens with two attached hydrogens (primary N) is 4. The normalized spacial score (nSPS) is 15.1. The molecule has 5 rings (SSSR count). The molecule has 26 nitrogen and oxygen atoms in total. The van der Waals surface area contributed by atoms with Gasteiger partial charge < -0.3 is 74.7 Å². The minimum atomic E-state index is -1.36. The molecule has 1 aliphatic heterocycles. The molecule has 26 heteroatoms. The summed E-state index contributed by atoms with van der Waals surface area (Å²) in [7, 11) is 1.45. The lowest BCUT2D eigenvalue weighted by Crippen LogP contribution is -2.59. The van der Waals surface area contributed by atoms with Crippen LogP contribution in [0.4, 0.5) is 5.69 Å². The fraction of sp³-hybridized carbons (Fsp3) is 0.537. The van der Waals surface area contributed by atoms with Gasteiger partial charge >= 0.3 is 0 Å². The number of amides is 7. The van der Waals surface area contributed by atoms with E-state index >= 15 is 0 Å². The van der Waals surface area contributed by atoms with Crippen molar-refractivity contribution >= 4 is 63.9 Å². The van der Waals surface area contributed by atoms with Crippen molar-refractivity contribution in [3.63, 3.8) is 0 Å². The molecule has 1 aliphatic rings. The van der Waals surface area contributed by atoms with E-state index in [1.165, 1.54) is 38.0 Å². The first-order valence-corrected chi connectivity index (χ1v) is 27.2. The van der Waals surface area contributed by atoms with Crippen molar-refractivity contribution in [2.75, 3.05) is 51.2 Å². The Labute approximate surface area is 465 Å². The van der Waals surface area contributed by atoms with Crippen LogP contribution in [0.1, 0.15) is 83.9 Å². The van der Waals surface area contributed by atoms with E-state index in [0.29, 0.717) is 87.3 Å². The van der Waals surface area contributed by atoms with Gasteiger partial charge in [-0.2, -0.15) is 0 Å². The average molecular weight is 1110 g/mol. The zero-order valence-corrected chi connectivity index (χ0v) is 46.4. The van der Waals surface area contributed by atoms with E-state index in [1.807, 2.05) is 38.7 Å². The number of phenols is 1. The average Bonchev–Trinajstić information content (AvgIpc) is 3.98. The largest absolute Gasteiger partial charge is 0.508 e. The second-order valence-corrected chi connectivity index (χ2v) is 20.6. The zero-order valence-electron chi connectivity index (χ0n) is 46.4. The van der Waals surface area contributed by atoms with E-state index in [0.717, 1.165) is 4.57 Å². The number of H-pyrrole nitrogens is 1. The van der Waals surface area contributed by atoms with Crippen molar-refractivity contribution in [2.45, 2.75) is 128 Å². The predicted molar refractivity (Wildman–Crippen MR) is 302 cm³/mol. The first-order chi connectivity index (χ1) is 38.2. The van der Waals surface area contributed by atoms with Gasteiger partial charge in [-0.3, -0.25) is 47.9 Å². The molecule has 436 valence electrons. The van der Waals surface area contributed by atoms with Gasteiger partial charge in [-0.1, -0.05) is 46.2 Å². The number of guanidine groups is 1. The van der Waals surface area contributed by atoms with E-state index in [1.54, 1.807) is 29.2 Å². The van der Waals surface area contributed by atoms with Crippen LogP contribution < -0.4 is 65.3 Å². The molecule has 4 aromatic rings. The molecule has 2 aromatic carbocycles. The van der Waals surface area contributed by atoms with Gasteiger partial charge in [-0.15, -0.1) is 0 Å². The van der Waals surface area contributed by atoms with Crippen LogP contribution in [0.2, 0.25) is 0 Å². The maximum absolute atomic E-state index is 14.4. The summed E-state index contributed by atoms with van der Waals surface area (Å²) in [5, 5.41) is 26.6. The van der Waals surface area contributed by atoms with E-state index in [-0.39, 0.29) is 73.0 Å². The van der Waals surface area contributed by atoms with Gasteiger partial charge in [-0.05, 0) is 92.8 Å². The van der Waals surface area contributed by atoms with Crippen LogP contribution in [-0.2, 0) is 52.9 Å². The molecule has 3 heterocycles. The summed E-state index contributed by atoms with van der Waals surface area (Å²) < 4.78 is 1.11. The number of nitrogens with zero attached hydrogens (tertiary/aromatic N) is 6. The Morgan fingerprint density at radius 1 is 0.775 bits per heavy atom. The van der Waals surface area contributed by atoms with Gasteiger partial charge in [0.25, 0.3) is 5.56 Å². The van der Waals surface area contributed by atoms with E-state index in [4.69, 9.17) is 22.9 Å². The van der Waals surface area contributed by atoms with Crippen LogP contribution in [0.15, 0.2) is 71.1 Å². The topological polar surface area (TPSA) is 398 Å². The number of aromatic amines is 1. The lowest BCUT2D eigenvalue weighted by molar-refractivity contribution is -0.137. The number of aliphatic imine (C=N–C) groups is 1. The number of aromatic hydroxyl groups is 1. The number of hydrogen-bond acceptors (Lipinski definition) is 15. The summed E-state index contributed by atoms with van der Waals surface area (Å²) in [6.45, 7) is 9.18. The van der Waals surface area contributed by atoms with Gasteiger partial charge in [-0.25, -0.2) is 9.97 Å². The third-order valence-corrected chi connectivity index (χ3v) is 14.0. The summed E-state index contributed by atoms with van der Waals surface area (Å²) in [5.41, 5.74) is 24.6. The number of anilines is 1. The Morgan fingerprint density at radius 3 is 2.02 bits per heavy atom. The number of hydrogen-bond donors (Lipinski definition) is 12. The number of piperazine rings is 1. The number of likely N-dealkylation sites (N-methyl/N-ethyl adjacent to an activating group) is 1. The lowest BCUT2D eigenvalue weighted by atomic mass is 9.98. The van der Waals surface area contributed by atoms with Crippen LogP contribution >= 0.6 is 0 Å². The smallest absolute Gasteiger partial charge is 0.261 e. The van der Waals surface area contributed by atoms with Gasteiger partial charge in [0.05, 0.1) is 29.6 Å². The lowest BCUT2D eigenvalue weighted by Gasteiger charge is -2.38. The van der Waals surface area contributed by atoms with Crippen LogP contribution in [0.5, 0.6) is 5.75 Å². The highest BCUT2D eigenvalue weighted by atomic mass is 16.3. The molecule has 0 unspecified atom stereocenters. The number of carbonyl (C=O) groups excluding carboxylic acids is 7. The van der Waals surface area contributed by atoms with Crippen molar-refractivity contribution in [3.05, 3.63) is 82.9 Å². The first kappa shape index (κ1) is 62.7. The fourth-order valence-electron chi connectivity index (χ4n) is 9.16. The number of phenolic OH excluding ortho intramolecular Hbond substituents is 1. The second-order valence-electron chi connectivity index (χ2n) is 20.6. The number of benzene rings is 2. The molecule has 0 radical (unpaired) electrons. The fourth-order valence-corrected chi connectivity index (χ4v) is 9.16. The number of imidazole rings is 1. The first-order valence-electron chi connectivity index (χ1n) is 27.2. The van der Waals surface area contributed by atoms with Gasteiger partial charge in [0.2, 0.25) is 41.4 Å². The summed E-state index contributed by atoms with van der Waals surface area (Å²) in [6, 6.07) is 4.86. The van der Waals surface area contributed by atoms with E-state index < -0.39 is 77.9 Å². The summed E-state index contributed by atoms with van der Waals surface area (Å²) in [6.07, 6.45) is 6.86. The van der Waals surface area contributed by atoms with Crippen molar-refractivity contribution < 1.29 is 38.7 Å². The third-order valence-electron chi connectivity index (χ3n) is 14.0. The van der Waals surface area contributed by atoms with Crippen molar-refractivity contribution in [1.29, 1.82) is 0 Å². The highest BCUT2D eigenvalue weighted by Gasteiger charge is 2.34. The summed E-state index contributed by atoms with van der Waals surface area (Å²) >= 11 is 0. The SMILES string of the molecule is CC[C@H](C)[C@H](N)C(=O)N[C@@H](CCCCN)C(=O)N1CCN(c2ccc3ncn(CC(=O)N[C@@H](CCCN=C(N)N)C(=O)N[C@@H](Cc4cnc[nH]4)C(=O)N[C@@H](Cc4ccc(O)cc4)C(=O)N[C@@H](CC(C)C)C(=O)NC)c(=O)c3c2)CC1. The third kappa shape index (κ3) is 18.8. The summed E-state index contributed by atoms with van der Waals surface area (Å²) in [4.78, 5) is 130. The zero-order chi connectivity index (χ0) is 58.5. The summed E-state index contributed by atoms with van der Waals surface area (Å²) in [5.74, 6) is -4.23. The number of fused-ring (bicyclic) bond motifs is 1. The number of unbranched alkanes of at least 4 members (excludes halogenated alkanes) is 1. The predicted octanol–water partition coefficient (Wildman–Crippen LogP) is -1.27. The highest BCUT2D eigenvalue weighted by molar-refractivity contribution is 5.96. The van der Waals surface area contributed by atoms with Crippen molar-refractivity contribution in [3.8, 4) is 5.75 Å². The minimum Gasteiger partial charge on any atom is -0.508 e. The molecular weight excluding hydrogens is 1030 g/mol. The Balaban J connectivity index is 1.32. The Bertz CT molecular complexity index is 2800. The molecule has 80 heavy (non-hydrogen) atoms. The molecule has 1 saturated heterocycles. The Hall–Kier alpha value is -8.13. The van der Waals surface area contributed by atoms with Crippen LogP contribution in [-0.4, -0.2) is 159 Å². The van der Waals surface area contributed by atoms with Gasteiger partial charge in [0, 0.05) is 70.2 Å². The molecular formula is C54H81N17O9. The monoisotopic (exact) mass is 1110 g/mol. The van der Waals surface area contributed by atoms with Gasteiger partial charge in [0.1, 0.15) is 42.5 Å². The molecule has 1 fully saturated rings. The molecule has 0 saturated carbocycles. The number of carbonyl (C=O) groups is 7. The van der Waals surface area contributed by atoms with E-state index in [9.17, 15) is 43.5 Å². The number of aromatic nitrogens is 4. The van der Waals surface area contributed by atoms with Gasteiger partial charge in [0.15, 0.2) is 5.96 Å². The molecule has 2 aromatic heterocycles. The van der Waals surface area contributed by atoms with Crippen LogP contribution in [0.3, 0.4) is 0 Å². The molecule has 0 aliphatic carbocycles. The van der Waals surface area contributed by atoms with Crippen molar-refractivity contribution in [2.24, 2.45) is 39.8 Å².